The molecular formula is C15H20N4S. The highest BCUT2D eigenvalue weighted by molar-refractivity contribution is 7.10. The van der Waals surface area contributed by atoms with Crippen molar-refractivity contribution in [3.05, 3.63) is 52.7 Å². The Hall–Kier alpha value is -1.85. The smallest absolute Gasteiger partial charge is 0.210 e. The number of rotatable bonds is 5. The van der Waals surface area contributed by atoms with Gasteiger partial charge in [0.05, 0.1) is 6.04 Å². The summed E-state index contributed by atoms with van der Waals surface area (Å²) < 4.78 is 0. The molecule has 4 nitrogen and oxygen atoms in total. The second kappa shape index (κ2) is 7.67. The van der Waals surface area contributed by atoms with Crippen molar-refractivity contribution in [2.75, 3.05) is 5.32 Å². The first kappa shape index (κ1) is 14.6. The molecule has 0 aliphatic rings. The standard InChI is InChI=1S/C15H20N4S/c1-2-7-13(14-10-6-11-20-14)18-15(19-16)17-12-8-4-3-5-9-12/h3-6,8-11,13H,2,7,16H2,1H3,(H2,17,18,19). The van der Waals surface area contributed by atoms with E-state index in [9.17, 15) is 0 Å². The van der Waals surface area contributed by atoms with Crippen molar-refractivity contribution in [1.82, 2.24) is 5.43 Å². The second-order valence-electron chi connectivity index (χ2n) is 4.43. The molecule has 0 aliphatic heterocycles. The molecule has 20 heavy (non-hydrogen) atoms. The number of nitrogens with zero attached hydrogens (tertiary/aromatic N) is 1. The number of benzene rings is 1. The van der Waals surface area contributed by atoms with Gasteiger partial charge < -0.3 is 5.32 Å². The molecule has 5 heteroatoms. The van der Waals surface area contributed by atoms with E-state index in [1.165, 1.54) is 4.88 Å². The SMILES string of the molecule is CCCC(N=C(NN)Nc1ccccc1)c1cccs1. The number of para-hydroxylation sites is 1. The Morgan fingerprint density at radius 1 is 1.25 bits per heavy atom. The molecular weight excluding hydrogens is 268 g/mol. The summed E-state index contributed by atoms with van der Waals surface area (Å²) in [4.78, 5) is 5.96. The number of hydrogen-bond acceptors (Lipinski definition) is 3. The maximum atomic E-state index is 5.58. The molecule has 1 unspecified atom stereocenters. The highest BCUT2D eigenvalue weighted by Gasteiger charge is 2.11. The third kappa shape index (κ3) is 4.08. The van der Waals surface area contributed by atoms with Gasteiger partial charge in [-0.05, 0) is 30.0 Å². The topological polar surface area (TPSA) is 62.4 Å². The summed E-state index contributed by atoms with van der Waals surface area (Å²) in [6.45, 7) is 2.16. The van der Waals surface area contributed by atoms with Gasteiger partial charge >= 0.3 is 0 Å². The van der Waals surface area contributed by atoms with Gasteiger partial charge in [-0.25, -0.2) is 10.8 Å². The summed E-state index contributed by atoms with van der Waals surface area (Å²) >= 11 is 1.73. The Bertz CT molecular complexity index is 522. The maximum absolute atomic E-state index is 5.58. The molecule has 1 aromatic carbocycles. The molecule has 0 saturated heterocycles. The van der Waals surface area contributed by atoms with Crippen LogP contribution < -0.4 is 16.6 Å². The maximum Gasteiger partial charge on any atom is 0.210 e. The minimum Gasteiger partial charge on any atom is -0.325 e. The Morgan fingerprint density at radius 3 is 2.65 bits per heavy atom. The largest absolute Gasteiger partial charge is 0.325 e. The van der Waals surface area contributed by atoms with E-state index in [4.69, 9.17) is 10.8 Å². The van der Waals surface area contributed by atoms with E-state index < -0.39 is 0 Å². The molecule has 0 bridgehead atoms. The Balaban J connectivity index is 2.15. The van der Waals surface area contributed by atoms with E-state index in [1.54, 1.807) is 11.3 Å². The van der Waals surface area contributed by atoms with Crippen LogP contribution in [0.1, 0.15) is 30.7 Å². The van der Waals surface area contributed by atoms with E-state index in [0.29, 0.717) is 5.96 Å². The average molecular weight is 288 g/mol. The van der Waals surface area contributed by atoms with Crippen LogP contribution in [0.5, 0.6) is 0 Å². The van der Waals surface area contributed by atoms with Crippen molar-refractivity contribution in [1.29, 1.82) is 0 Å². The highest BCUT2D eigenvalue weighted by Crippen LogP contribution is 2.27. The number of thiophene rings is 1. The highest BCUT2D eigenvalue weighted by atomic mass is 32.1. The number of guanidine groups is 1. The summed E-state index contributed by atoms with van der Waals surface area (Å²) in [7, 11) is 0. The van der Waals surface area contributed by atoms with Crippen LogP contribution in [0, 0.1) is 0 Å². The molecule has 1 heterocycles. The first-order chi connectivity index (χ1) is 9.83. The second-order valence-corrected chi connectivity index (χ2v) is 5.41. The summed E-state index contributed by atoms with van der Waals surface area (Å²) in [6, 6.07) is 14.2. The van der Waals surface area contributed by atoms with Crippen LogP contribution in [0.15, 0.2) is 52.8 Å². The van der Waals surface area contributed by atoms with Crippen LogP contribution in [0.25, 0.3) is 0 Å². The molecule has 1 atom stereocenters. The molecule has 0 saturated carbocycles. The average Bonchev–Trinajstić information content (AvgIpc) is 3.01. The lowest BCUT2D eigenvalue weighted by Crippen LogP contribution is -2.36. The van der Waals surface area contributed by atoms with Gasteiger partial charge in [0.1, 0.15) is 0 Å². The normalized spacial score (nSPS) is 13.0. The number of hydrazine groups is 1. The van der Waals surface area contributed by atoms with Crippen LogP contribution in [-0.2, 0) is 0 Å². The van der Waals surface area contributed by atoms with Gasteiger partial charge in [0.2, 0.25) is 5.96 Å². The quantitative estimate of drug-likeness (QED) is 0.341. The summed E-state index contributed by atoms with van der Waals surface area (Å²) in [6.07, 6.45) is 2.08. The molecule has 2 rings (SSSR count). The zero-order chi connectivity index (χ0) is 14.2. The lowest BCUT2D eigenvalue weighted by atomic mass is 10.1. The van der Waals surface area contributed by atoms with E-state index in [1.807, 2.05) is 30.3 Å². The molecule has 4 N–H and O–H groups in total. The monoisotopic (exact) mass is 288 g/mol. The van der Waals surface area contributed by atoms with E-state index in [2.05, 4.69) is 35.2 Å². The first-order valence-corrected chi connectivity index (χ1v) is 7.61. The lowest BCUT2D eigenvalue weighted by Gasteiger charge is -2.14. The molecule has 106 valence electrons. The Labute approximate surface area is 123 Å². The summed E-state index contributed by atoms with van der Waals surface area (Å²) in [5.74, 6) is 6.16. The first-order valence-electron chi connectivity index (χ1n) is 6.73. The van der Waals surface area contributed by atoms with Crippen LogP contribution in [0.2, 0.25) is 0 Å². The van der Waals surface area contributed by atoms with Crippen molar-refractivity contribution in [3.63, 3.8) is 0 Å². The van der Waals surface area contributed by atoms with Gasteiger partial charge in [0.15, 0.2) is 0 Å². The molecule has 0 aliphatic carbocycles. The van der Waals surface area contributed by atoms with E-state index in [-0.39, 0.29) is 6.04 Å². The molecule has 0 fully saturated rings. The minimum absolute atomic E-state index is 0.141. The van der Waals surface area contributed by atoms with Crippen molar-refractivity contribution < 1.29 is 0 Å². The minimum atomic E-state index is 0.141. The molecule has 0 radical (unpaired) electrons. The predicted octanol–water partition coefficient (Wildman–Crippen LogP) is 3.52. The third-order valence-electron chi connectivity index (χ3n) is 2.89. The number of hydrogen-bond donors (Lipinski definition) is 3. The molecule has 1 aromatic heterocycles. The van der Waals surface area contributed by atoms with Crippen LogP contribution in [-0.4, -0.2) is 5.96 Å². The zero-order valence-corrected chi connectivity index (χ0v) is 12.4. The van der Waals surface area contributed by atoms with E-state index in [0.717, 1.165) is 18.5 Å². The number of aliphatic imine (C=N–C) groups is 1. The Morgan fingerprint density at radius 2 is 2.05 bits per heavy atom. The lowest BCUT2D eigenvalue weighted by molar-refractivity contribution is 0.646. The van der Waals surface area contributed by atoms with Gasteiger partial charge in [0, 0.05) is 10.6 Å². The predicted molar refractivity (Wildman–Crippen MR) is 86.8 cm³/mol. The number of nitrogens with one attached hydrogen (secondary N) is 2. The van der Waals surface area contributed by atoms with Crippen molar-refractivity contribution in [2.45, 2.75) is 25.8 Å². The van der Waals surface area contributed by atoms with Crippen LogP contribution >= 0.6 is 11.3 Å². The van der Waals surface area contributed by atoms with Gasteiger partial charge in [0.25, 0.3) is 0 Å². The summed E-state index contributed by atoms with van der Waals surface area (Å²) in [5, 5.41) is 5.28. The molecule has 0 amide bonds. The summed E-state index contributed by atoms with van der Waals surface area (Å²) in [5.41, 5.74) is 3.61. The fourth-order valence-electron chi connectivity index (χ4n) is 1.94. The van der Waals surface area contributed by atoms with E-state index >= 15 is 0 Å². The van der Waals surface area contributed by atoms with Gasteiger partial charge in [-0.1, -0.05) is 37.6 Å². The molecule has 2 aromatic rings. The number of anilines is 1. The van der Waals surface area contributed by atoms with Gasteiger partial charge in [-0.15, -0.1) is 11.3 Å². The van der Waals surface area contributed by atoms with Gasteiger partial charge in [-0.2, -0.15) is 0 Å². The van der Waals surface area contributed by atoms with Gasteiger partial charge in [-0.3, -0.25) is 5.43 Å². The van der Waals surface area contributed by atoms with Crippen LogP contribution in [0.3, 0.4) is 0 Å². The van der Waals surface area contributed by atoms with Crippen molar-refractivity contribution in [3.8, 4) is 0 Å². The number of nitrogens with two attached hydrogens (primary N) is 1. The zero-order valence-electron chi connectivity index (χ0n) is 11.5. The van der Waals surface area contributed by atoms with Crippen LogP contribution in [0.4, 0.5) is 5.69 Å². The van der Waals surface area contributed by atoms with Crippen molar-refractivity contribution >= 4 is 23.0 Å². The van der Waals surface area contributed by atoms with Crippen molar-refractivity contribution in [2.24, 2.45) is 10.8 Å². The Kier molecular flexibility index (Phi) is 5.58. The third-order valence-corrected chi connectivity index (χ3v) is 3.87. The fraction of sp³-hybridized carbons (Fsp3) is 0.267. The molecule has 0 spiro atoms. The fourth-order valence-corrected chi connectivity index (χ4v) is 2.74.